The van der Waals surface area contributed by atoms with Gasteiger partial charge in [0.15, 0.2) is 6.23 Å². The highest BCUT2D eigenvalue weighted by Gasteiger charge is 2.16. The number of ether oxygens (including phenoxy) is 1. The van der Waals surface area contributed by atoms with Crippen LogP contribution in [0.2, 0.25) is 0 Å². The van der Waals surface area contributed by atoms with Gasteiger partial charge in [0.1, 0.15) is 5.82 Å². The number of morpholine rings is 1. The van der Waals surface area contributed by atoms with Crippen LogP contribution >= 0.6 is 0 Å². The first kappa shape index (κ1) is 27.1. The summed E-state index contributed by atoms with van der Waals surface area (Å²) < 4.78 is 5.47. The van der Waals surface area contributed by atoms with Gasteiger partial charge in [0.25, 0.3) is 0 Å². The highest BCUT2D eigenvalue weighted by molar-refractivity contribution is 5.87. The molecule has 0 radical (unpaired) electrons. The van der Waals surface area contributed by atoms with Crippen LogP contribution in [-0.2, 0) is 11.3 Å². The van der Waals surface area contributed by atoms with Crippen molar-refractivity contribution in [2.24, 2.45) is 5.92 Å². The standard InChI is InChI=1S/C30H39N7O2/c1-21(2)5-3-4-10-32-28-9-7-25(19-33-28)34-30(38)29-26-16-23(6-8-27(26)35-36-29)24-15-22(17-31-18-24)20-37-11-13-39-14-12-37/h6-9,15-19,21,30,34,38H,3-5,10-14,20H2,1-2H3,(H,32,33)(H,35,36). The number of hydrogen-bond donors (Lipinski definition) is 4. The van der Waals surface area contributed by atoms with E-state index in [1.165, 1.54) is 18.4 Å². The van der Waals surface area contributed by atoms with Gasteiger partial charge < -0.3 is 20.5 Å². The SMILES string of the molecule is CC(C)CCCCNc1ccc(NC(O)c2[nH]nc3ccc(-c4cncc(CN5CCOCC5)c4)cc23)cn1. The van der Waals surface area contributed by atoms with Crippen LogP contribution < -0.4 is 10.6 Å². The molecule has 3 aromatic heterocycles. The zero-order chi connectivity index (χ0) is 27.0. The summed E-state index contributed by atoms with van der Waals surface area (Å²) in [7, 11) is 0. The van der Waals surface area contributed by atoms with E-state index >= 15 is 0 Å². The lowest BCUT2D eigenvalue weighted by Crippen LogP contribution is -2.35. The van der Waals surface area contributed by atoms with Crippen molar-refractivity contribution in [1.29, 1.82) is 0 Å². The molecule has 0 spiro atoms. The molecule has 5 rings (SSSR count). The fraction of sp³-hybridized carbons (Fsp3) is 0.433. The van der Waals surface area contributed by atoms with E-state index in [9.17, 15) is 5.11 Å². The molecule has 0 amide bonds. The van der Waals surface area contributed by atoms with Crippen molar-refractivity contribution in [2.45, 2.75) is 45.9 Å². The Balaban J connectivity index is 1.23. The minimum Gasteiger partial charge on any atom is -0.379 e. The first-order valence-electron chi connectivity index (χ1n) is 13.9. The molecule has 1 aliphatic heterocycles. The van der Waals surface area contributed by atoms with Gasteiger partial charge in [0.2, 0.25) is 0 Å². The van der Waals surface area contributed by atoms with Crippen LogP contribution in [0, 0.1) is 5.92 Å². The third kappa shape index (κ3) is 7.32. The Kier molecular flexibility index (Phi) is 9.03. The molecule has 1 fully saturated rings. The monoisotopic (exact) mass is 529 g/mol. The molecule has 0 bridgehead atoms. The Morgan fingerprint density at radius 3 is 2.69 bits per heavy atom. The van der Waals surface area contributed by atoms with Gasteiger partial charge in [0.05, 0.1) is 36.3 Å². The van der Waals surface area contributed by atoms with Crippen LogP contribution in [0.25, 0.3) is 22.0 Å². The number of benzene rings is 1. The Bertz CT molecular complexity index is 1330. The van der Waals surface area contributed by atoms with E-state index in [-0.39, 0.29) is 0 Å². The molecule has 4 N–H and O–H groups in total. The van der Waals surface area contributed by atoms with Crippen molar-refractivity contribution >= 4 is 22.4 Å². The normalized spacial score (nSPS) is 15.1. The van der Waals surface area contributed by atoms with E-state index in [0.29, 0.717) is 5.69 Å². The van der Waals surface area contributed by atoms with Crippen molar-refractivity contribution < 1.29 is 9.84 Å². The molecule has 1 unspecified atom stereocenters. The Hall–Kier alpha value is -3.53. The third-order valence-electron chi connectivity index (χ3n) is 7.08. The van der Waals surface area contributed by atoms with E-state index < -0.39 is 6.23 Å². The zero-order valence-corrected chi connectivity index (χ0v) is 22.9. The molecule has 1 aromatic carbocycles. The van der Waals surface area contributed by atoms with E-state index in [4.69, 9.17) is 4.74 Å². The van der Waals surface area contributed by atoms with Gasteiger partial charge in [-0.15, -0.1) is 0 Å². The molecule has 0 saturated carbocycles. The average Bonchev–Trinajstić information content (AvgIpc) is 3.38. The number of nitrogens with one attached hydrogen (secondary N) is 3. The number of aliphatic hydroxyl groups is 1. The Labute approximate surface area is 230 Å². The topological polar surface area (TPSA) is 111 Å². The molecule has 4 heterocycles. The fourth-order valence-corrected chi connectivity index (χ4v) is 4.88. The molecule has 1 atom stereocenters. The van der Waals surface area contributed by atoms with Crippen molar-refractivity contribution in [3.8, 4) is 11.1 Å². The molecule has 0 aliphatic carbocycles. The van der Waals surface area contributed by atoms with Crippen LogP contribution in [0.1, 0.15) is 50.6 Å². The van der Waals surface area contributed by atoms with Gasteiger partial charge in [-0.2, -0.15) is 5.10 Å². The van der Waals surface area contributed by atoms with Gasteiger partial charge >= 0.3 is 0 Å². The summed E-state index contributed by atoms with van der Waals surface area (Å²) in [5.41, 5.74) is 5.36. The lowest BCUT2D eigenvalue weighted by molar-refractivity contribution is 0.0341. The molecular formula is C30H39N7O2. The maximum atomic E-state index is 11.0. The van der Waals surface area contributed by atoms with Gasteiger partial charge in [-0.05, 0) is 53.8 Å². The number of pyridine rings is 2. The highest BCUT2D eigenvalue weighted by Crippen LogP contribution is 2.29. The van der Waals surface area contributed by atoms with Crippen LogP contribution in [0.3, 0.4) is 0 Å². The highest BCUT2D eigenvalue weighted by atomic mass is 16.5. The number of aliphatic hydroxyl groups excluding tert-OH is 1. The first-order valence-corrected chi connectivity index (χ1v) is 13.9. The summed E-state index contributed by atoms with van der Waals surface area (Å²) in [5, 5.41) is 25.8. The molecule has 39 heavy (non-hydrogen) atoms. The lowest BCUT2D eigenvalue weighted by Gasteiger charge is -2.26. The van der Waals surface area contributed by atoms with Crippen molar-refractivity contribution in [3.05, 3.63) is 66.2 Å². The first-order chi connectivity index (χ1) is 19.0. The molecule has 4 aromatic rings. The minimum absolute atomic E-state index is 0.608. The maximum absolute atomic E-state index is 11.0. The summed E-state index contributed by atoms with van der Waals surface area (Å²) in [5.74, 6) is 1.58. The molecule has 9 heteroatoms. The maximum Gasteiger partial charge on any atom is 0.168 e. The number of nitrogens with zero attached hydrogens (tertiary/aromatic N) is 4. The minimum atomic E-state index is -0.965. The predicted molar refractivity (Wildman–Crippen MR) is 155 cm³/mol. The molecule has 9 nitrogen and oxygen atoms in total. The van der Waals surface area contributed by atoms with E-state index in [2.05, 4.69) is 61.7 Å². The Morgan fingerprint density at radius 2 is 1.90 bits per heavy atom. The summed E-state index contributed by atoms with van der Waals surface area (Å²) in [6.45, 7) is 9.70. The van der Waals surface area contributed by atoms with Gasteiger partial charge in [-0.1, -0.05) is 32.8 Å². The van der Waals surface area contributed by atoms with Crippen molar-refractivity contribution in [2.75, 3.05) is 43.5 Å². The number of H-pyrrole nitrogens is 1. The van der Waals surface area contributed by atoms with Gasteiger partial charge in [0, 0.05) is 49.5 Å². The van der Waals surface area contributed by atoms with Crippen molar-refractivity contribution in [3.63, 3.8) is 0 Å². The zero-order valence-electron chi connectivity index (χ0n) is 22.9. The number of aromatic amines is 1. The number of unbranched alkanes of at least 4 members (excludes halogenated alkanes) is 1. The number of anilines is 2. The van der Waals surface area contributed by atoms with Gasteiger partial charge in [-0.25, -0.2) is 4.98 Å². The van der Waals surface area contributed by atoms with Gasteiger partial charge in [-0.3, -0.25) is 15.0 Å². The predicted octanol–water partition coefficient (Wildman–Crippen LogP) is 5.19. The summed E-state index contributed by atoms with van der Waals surface area (Å²) in [6.07, 6.45) is 8.16. The summed E-state index contributed by atoms with van der Waals surface area (Å²) in [4.78, 5) is 11.4. The second kappa shape index (κ2) is 13.0. The molecule has 1 aliphatic rings. The van der Waals surface area contributed by atoms with Crippen LogP contribution in [0.4, 0.5) is 11.5 Å². The Morgan fingerprint density at radius 1 is 1.03 bits per heavy atom. The third-order valence-corrected chi connectivity index (χ3v) is 7.08. The molecule has 1 saturated heterocycles. The van der Waals surface area contributed by atoms with E-state index in [1.807, 2.05) is 36.7 Å². The number of fused-ring (bicyclic) bond motifs is 1. The van der Waals surface area contributed by atoms with E-state index in [1.54, 1.807) is 6.20 Å². The quantitative estimate of drug-likeness (QED) is 0.147. The second-order valence-electron chi connectivity index (χ2n) is 10.6. The van der Waals surface area contributed by atoms with Crippen LogP contribution in [-0.4, -0.2) is 63.0 Å². The van der Waals surface area contributed by atoms with Crippen LogP contribution in [0.5, 0.6) is 0 Å². The van der Waals surface area contributed by atoms with E-state index in [0.717, 1.165) is 85.3 Å². The number of hydrogen-bond acceptors (Lipinski definition) is 8. The largest absolute Gasteiger partial charge is 0.379 e. The van der Waals surface area contributed by atoms with Crippen LogP contribution in [0.15, 0.2) is 55.0 Å². The fourth-order valence-electron chi connectivity index (χ4n) is 4.88. The smallest absolute Gasteiger partial charge is 0.168 e. The number of aromatic nitrogens is 4. The summed E-state index contributed by atoms with van der Waals surface area (Å²) >= 11 is 0. The average molecular weight is 530 g/mol. The second-order valence-corrected chi connectivity index (χ2v) is 10.6. The molecular weight excluding hydrogens is 490 g/mol. The summed E-state index contributed by atoms with van der Waals surface area (Å²) in [6, 6.07) is 12.1. The lowest BCUT2D eigenvalue weighted by atomic mass is 10.0. The number of rotatable bonds is 12. The van der Waals surface area contributed by atoms with Crippen molar-refractivity contribution in [1.82, 2.24) is 25.1 Å². The molecule has 206 valence electrons.